The van der Waals surface area contributed by atoms with Gasteiger partial charge in [0.1, 0.15) is 5.82 Å². The van der Waals surface area contributed by atoms with E-state index in [-0.39, 0.29) is 11.3 Å². The summed E-state index contributed by atoms with van der Waals surface area (Å²) in [6.07, 6.45) is 1.65. The van der Waals surface area contributed by atoms with Crippen molar-refractivity contribution in [2.45, 2.75) is 0 Å². The summed E-state index contributed by atoms with van der Waals surface area (Å²) in [4.78, 5) is 22.4. The molecule has 4 aromatic rings. The van der Waals surface area contributed by atoms with Crippen molar-refractivity contribution in [3.05, 3.63) is 82.9 Å². The van der Waals surface area contributed by atoms with Crippen LogP contribution in [-0.4, -0.2) is 51.6 Å². The molecule has 0 radical (unpaired) electrons. The van der Waals surface area contributed by atoms with Gasteiger partial charge in [-0.3, -0.25) is 14.8 Å². The number of halogens is 2. The Morgan fingerprint density at radius 1 is 1.09 bits per heavy atom. The van der Waals surface area contributed by atoms with E-state index in [2.05, 4.69) is 15.4 Å². The van der Waals surface area contributed by atoms with Gasteiger partial charge in [-0.25, -0.2) is 14.4 Å². The summed E-state index contributed by atoms with van der Waals surface area (Å²) >= 11 is 6.07. The average molecular weight is 452 g/mol. The molecular weight excluding hydrogens is 433 g/mol. The van der Waals surface area contributed by atoms with Gasteiger partial charge >= 0.3 is 0 Å². The molecule has 0 atom stereocenters. The fourth-order valence-corrected chi connectivity index (χ4v) is 3.79. The first-order valence-corrected chi connectivity index (χ1v) is 10.5. The van der Waals surface area contributed by atoms with E-state index in [1.807, 2.05) is 5.01 Å². The summed E-state index contributed by atoms with van der Waals surface area (Å²) in [5.74, 6) is -0.623. The number of hydrogen-bond acceptors (Lipinski definition) is 6. The predicted molar refractivity (Wildman–Crippen MR) is 120 cm³/mol. The molecule has 0 spiro atoms. The number of morpholine rings is 1. The number of fused-ring (bicyclic) bond motifs is 1. The number of anilines is 1. The standard InChI is InChI=1S/C23H19ClFN5O2/c24-16-5-7-17(8-6-16)30-20(21(31)18-3-1-2-4-19(18)25)13-15-14-26-23(27-22(15)30)28-29-9-11-32-12-10-29/h1-8,13-14H,9-12H2,(H,26,27,28). The Kier molecular flexibility index (Phi) is 5.57. The van der Waals surface area contributed by atoms with Crippen LogP contribution in [0.2, 0.25) is 5.02 Å². The van der Waals surface area contributed by atoms with Gasteiger partial charge in [-0.05, 0) is 42.5 Å². The van der Waals surface area contributed by atoms with Crippen LogP contribution in [0, 0.1) is 5.82 Å². The van der Waals surface area contributed by atoms with Crippen molar-refractivity contribution in [3.8, 4) is 5.69 Å². The van der Waals surface area contributed by atoms with Gasteiger partial charge in [0, 0.05) is 35.4 Å². The van der Waals surface area contributed by atoms with Crippen molar-refractivity contribution < 1.29 is 13.9 Å². The molecule has 2 aromatic heterocycles. The Morgan fingerprint density at radius 2 is 1.84 bits per heavy atom. The molecule has 0 saturated carbocycles. The molecule has 5 rings (SSSR count). The third-order valence-electron chi connectivity index (χ3n) is 5.25. The highest BCUT2D eigenvalue weighted by molar-refractivity contribution is 6.30. The second kappa shape index (κ2) is 8.66. The molecule has 7 nitrogen and oxygen atoms in total. The zero-order valence-electron chi connectivity index (χ0n) is 17.0. The lowest BCUT2D eigenvalue weighted by molar-refractivity contribution is 0.0493. The number of carbonyl (C=O) groups is 1. The number of ether oxygens (including phenoxy) is 1. The first-order chi connectivity index (χ1) is 15.6. The van der Waals surface area contributed by atoms with Gasteiger partial charge < -0.3 is 4.74 Å². The lowest BCUT2D eigenvalue weighted by atomic mass is 10.1. The normalized spacial score (nSPS) is 14.6. The highest BCUT2D eigenvalue weighted by Gasteiger charge is 2.22. The van der Waals surface area contributed by atoms with Crippen LogP contribution in [0.1, 0.15) is 16.1 Å². The molecule has 9 heteroatoms. The number of nitrogens with zero attached hydrogens (tertiary/aromatic N) is 4. The van der Waals surface area contributed by atoms with Gasteiger partial charge in [0.15, 0.2) is 5.65 Å². The number of hydrogen-bond donors (Lipinski definition) is 1. The van der Waals surface area contributed by atoms with E-state index in [1.54, 1.807) is 53.2 Å². The highest BCUT2D eigenvalue weighted by atomic mass is 35.5. The fourth-order valence-electron chi connectivity index (χ4n) is 3.66. The van der Waals surface area contributed by atoms with Gasteiger partial charge in [-0.1, -0.05) is 23.7 Å². The van der Waals surface area contributed by atoms with Crippen LogP contribution < -0.4 is 5.43 Å². The first-order valence-electron chi connectivity index (χ1n) is 10.1. The minimum atomic E-state index is -0.578. The zero-order chi connectivity index (χ0) is 22.1. The fraction of sp³-hybridized carbons (Fsp3) is 0.174. The van der Waals surface area contributed by atoms with Crippen molar-refractivity contribution in [1.82, 2.24) is 19.5 Å². The Morgan fingerprint density at radius 3 is 2.59 bits per heavy atom. The first kappa shape index (κ1) is 20.6. The number of nitrogens with one attached hydrogen (secondary N) is 1. The van der Waals surface area contributed by atoms with Crippen LogP contribution in [0.3, 0.4) is 0 Å². The third-order valence-corrected chi connectivity index (χ3v) is 5.50. The molecule has 1 aliphatic heterocycles. The SMILES string of the molecule is O=C(c1ccccc1F)c1cc2cnc(NN3CCOCC3)nc2n1-c1ccc(Cl)cc1. The number of rotatable bonds is 5. The minimum Gasteiger partial charge on any atom is -0.379 e. The summed E-state index contributed by atoms with van der Waals surface area (Å²) in [5, 5.41) is 3.20. The van der Waals surface area contributed by atoms with E-state index in [0.717, 1.165) is 0 Å². The van der Waals surface area contributed by atoms with Gasteiger partial charge in [0.25, 0.3) is 0 Å². The second-order valence-electron chi connectivity index (χ2n) is 7.33. The quantitative estimate of drug-likeness (QED) is 0.460. The summed E-state index contributed by atoms with van der Waals surface area (Å²) < 4.78 is 21.5. The van der Waals surface area contributed by atoms with Crippen LogP contribution in [0.5, 0.6) is 0 Å². The molecule has 3 heterocycles. The molecule has 0 amide bonds. The van der Waals surface area contributed by atoms with Crippen LogP contribution >= 0.6 is 11.6 Å². The predicted octanol–water partition coefficient (Wildman–Crippen LogP) is 4.10. The summed E-state index contributed by atoms with van der Waals surface area (Å²) in [5.41, 5.74) is 4.67. The maximum Gasteiger partial charge on any atom is 0.239 e. The molecule has 1 aliphatic rings. The number of carbonyl (C=O) groups excluding carboxylic acids is 1. The van der Waals surface area contributed by atoms with Crippen LogP contribution in [-0.2, 0) is 4.74 Å². The monoisotopic (exact) mass is 451 g/mol. The molecule has 2 aromatic carbocycles. The molecule has 1 N–H and O–H groups in total. The zero-order valence-corrected chi connectivity index (χ0v) is 17.7. The van der Waals surface area contributed by atoms with E-state index < -0.39 is 11.6 Å². The van der Waals surface area contributed by atoms with Gasteiger partial charge in [0.05, 0.1) is 24.5 Å². The summed E-state index contributed by atoms with van der Waals surface area (Å²) in [6.45, 7) is 2.66. The smallest absolute Gasteiger partial charge is 0.239 e. The van der Waals surface area contributed by atoms with Crippen molar-refractivity contribution in [2.24, 2.45) is 0 Å². The Hall–Kier alpha value is -3.33. The molecule has 1 fully saturated rings. The summed E-state index contributed by atoms with van der Waals surface area (Å²) in [6, 6.07) is 14.6. The molecule has 0 bridgehead atoms. The molecule has 0 unspecified atom stereocenters. The molecule has 1 saturated heterocycles. The Balaban J connectivity index is 1.64. The van der Waals surface area contributed by atoms with Crippen molar-refractivity contribution in [1.29, 1.82) is 0 Å². The van der Waals surface area contributed by atoms with Gasteiger partial charge in [-0.15, -0.1) is 0 Å². The van der Waals surface area contributed by atoms with E-state index in [1.165, 1.54) is 12.1 Å². The van der Waals surface area contributed by atoms with Gasteiger partial charge in [0.2, 0.25) is 11.7 Å². The maximum absolute atomic E-state index is 14.4. The molecular formula is C23H19ClFN5O2. The largest absolute Gasteiger partial charge is 0.379 e. The van der Waals surface area contributed by atoms with Crippen LogP contribution in [0.25, 0.3) is 16.7 Å². The third kappa shape index (κ3) is 3.95. The van der Waals surface area contributed by atoms with E-state index in [0.29, 0.717) is 54.0 Å². The van der Waals surface area contributed by atoms with E-state index >= 15 is 0 Å². The topological polar surface area (TPSA) is 72.3 Å². The molecule has 0 aliphatic carbocycles. The van der Waals surface area contributed by atoms with Crippen LogP contribution in [0.4, 0.5) is 10.3 Å². The van der Waals surface area contributed by atoms with Crippen LogP contribution in [0.15, 0.2) is 60.8 Å². The second-order valence-corrected chi connectivity index (χ2v) is 7.77. The lowest BCUT2D eigenvalue weighted by Gasteiger charge is -2.26. The average Bonchev–Trinajstić information content (AvgIpc) is 3.19. The van der Waals surface area contributed by atoms with Crippen molar-refractivity contribution in [2.75, 3.05) is 31.7 Å². The molecule has 162 valence electrons. The van der Waals surface area contributed by atoms with Crippen molar-refractivity contribution in [3.63, 3.8) is 0 Å². The Bertz CT molecular complexity index is 1290. The number of benzene rings is 2. The van der Waals surface area contributed by atoms with Gasteiger partial charge in [-0.2, -0.15) is 4.98 Å². The van der Waals surface area contributed by atoms with E-state index in [4.69, 9.17) is 16.3 Å². The summed E-state index contributed by atoms with van der Waals surface area (Å²) in [7, 11) is 0. The maximum atomic E-state index is 14.4. The van der Waals surface area contributed by atoms with Crippen molar-refractivity contribution >= 4 is 34.4 Å². The minimum absolute atomic E-state index is 0.00913. The highest BCUT2D eigenvalue weighted by Crippen LogP contribution is 2.27. The number of ketones is 1. The Labute approximate surface area is 188 Å². The number of aromatic nitrogens is 3. The van der Waals surface area contributed by atoms with E-state index in [9.17, 15) is 9.18 Å². The lowest BCUT2D eigenvalue weighted by Crippen LogP contribution is -2.40. The molecule has 32 heavy (non-hydrogen) atoms. The number of hydrazine groups is 1.